The number of aromatic nitrogens is 4. The average Bonchev–Trinajstić information content (AvgIpc) is 3.25. The van der Waals surface area contributed by atoms with Crippen molar-refractivity contribution >= 4 is 22.9 Å². The first-order valence-electron chi connectivity index (χ1n) is 13.5. The van der Waals surface area contributed by atoms with Crippen molar-refractivity contribution in [3.63, 3.8) is 0 Å². The third-order valence-electron chi connectivity index (χ3n) is 7.34. The molecule has 42 heavy (non-hydrogen) atoms. The number of aliphatic hydroxyl groups excluding tert-OH is 1. The molecule has 12 heteroatoms. The van der Waals surface area contributed by atoms with E-state index in [-0.39, 0.29) is 24.5 Å². The topological polar surface area (TPSA) is 156 Å². The number of amides is 1. The predicted molar refractivity (Wildman–Crippen MR) is 157 cm³/mol. The van der Waals surface area contributed by atoms with Gasteiger partial charge < -0.3 is 20.5 Å². The minimum absolute atomic E-state index is 0.0111. The van der Waals surface area contributed by atoms with Crippen LogP contribution < -0.4 is 16.2 Å². The molecule has 2 aromatic carbocycles. The van der Waals surface area contributed by atoms with Crippen LogP contribution in [0.2, 0.25) is 0 Å². The number of benzene rings is 2. The number of β-amino-alcohol motifs (C(OH)–C–C–N with tert-alkyl or cyclic N) is 1. The highest BCUT2D eigenvalue weighted by atomic mass is 16.5. The van der Waals surface area contributed by atoms with Gasteiger partial charge in [0.2, 0.25) is 0 Å². The normalized spacial score (nSPS) is 14.4. The smallest absolute Gasteiger partial charge is 0.335 e. The maximum atomic E-state index is 13.7. The van der Waals surface area contributed by atoms with Gasteiger partial charge in [-0.3, -0.25) is 18.8 Å². The molecule has 5 rings (SSSR count). The molecule has 2 aromatic heterocycles. The Labute approximate surface area is 242 Å². The molecule has 0 spiro atoms. The lowest BCUT2D eigenvalue weighted by atomic mass is 9.94. The molecule has 0 radical (unpaired) electrons. The first-order chi connectivity index (χ1) is 20.1. The molecule has 12 nitrogen and oxygen atoms in total. The zero-order valence-electron chi connectivity index (χ0n) is 23.6. The maximum absolute atomic E-state index is 13.7. The average molecular weight is 569 g/mol. The molecule has 1 aliphatic heterocycles. The van der Waals surface area contributed by atoms with E-state index in [1.165, 1.54) is 20.4 Å². The molecular weight excluding hydrogens is 536 g/mol. The third-order valence-corrected chi connectivity index (χ3v) is 7.34. The van der Waals surface area contributed by atoms with Crippen LogP contribution in [0.3, 0.4) is 0 Å². The van der Waals surface area contributed by atoms with Crippen molar-refractivity contribution in [3.05, 3.63) is 83.1 Å². The number of nitriles is 1. The molecule has 3 N–H and O–H groups in total. The summed E-state index contributed by atoms with van der Waals surface area (Å²) in [7, 11) is 1.58. The van der Waals surface area contributed by atoms with Gasteiger partial charge in [-0.1, -0.05) is 18.2 Å². The molecule has 0 bridgehead atoms. The molecule has 1 amide bonds. The lowest BCUT2D eigenvalue weighted by Gasteiger charge is -2.46. The number of hydrogen-bond acceptors (Lipinski definition) is 9. The number of imidazole rings is 1. The Morgan fingerprint density at radius 1 is 1.17 bits per heavy atom. The molecule has 4 aromatic rings. The van der Waals surface area contributed by atoms with Gasteiger partial charge >= 0.3 is 5.69 Å². The first-order valence-corrected chi connectivity index (χ1v) is 13.5. The number of likely N-dealkylation sites (tertiary alicyclic amines) is 1. The standard InChI is InChI=1S/C30H32N8O4/c1-30(2,36-17-22(39)18-36)15-20(16-31)28(40)35(3)13-14-37-27-25(26(32)33-19-34-27)38(29(37)41)21-9-11-24(12-10-21)42-23-7-5-4-6-8-23/h4-12,15,19,22,39H,13-14,17-18H2,1-3H3,(H2,32,33,34)/b20-15+. The Morgan fingerprint density at radius 2 is 1.83 bits per heavy atom. The molecule has 1 aliphatic rings. The Kier molecular flexibility index (Phi) is 7.80. The maximum Gasteiger partial charge on any atom is 0.335 e. The molecule has 216 valence electrons. The summed E-state index contributed by atoms with van der Waals surface area (Å²) >= 11 is 0. The highest BCUT2D eigenvalue weighted by molar-refractivity contribution is 5.97. The number of anilines is 1. The Morgan fingerprint density at radius 3 is 2.48 bits per heavy atom. The molecule has 3 heterocycles. The van der Waals surface area contributed by atoms with E-state index in [1.54, 1.807) is 37.4 Å². The SMILES string of the molecule is CN(CCn1c(=O)n(-c2ccc(Oc3ccccc3)cc2)c2c(N)ncnc21)C(=O)/C(C#N)=C/C(C)(C)N1CC(O)C1. The van der Waals surface area contributed by atoms with Gasteiger partial charge in [-0.05, 0) is 56.3 Å². The van der Waals surface area contributed by atoms with Gasteiger partial charge in [-0.25, -0.2) is 14.8 Å². The summed E-state index contributed by atoms with van der Waals surface area (Å²) in [5, 5.41) is 19.4. The minimum Gasteiger partial charge on any atom is -0.457 e. The van der Waals surface area contributed by atoms with Gasteiger partial charge in [0.25, 0.3) is 5.91 Å². The van der Waals surface area contributed by atoms with Crippen LogP contribution in [-0.4, -0.2) is 78.2 Å². The van der Waals surface area contributed by atoms with Gasteiger partial charge in [-0.2, -0.15) is 5.26 Å². The number of aliphatic hydroxyl groups is 1. The molecule has 0 unspecified atom stereocenters. The molecule has 0 aliphatic carbocycles. The van der Waals surface area contributed by atoms with Crippen LogP contribution in [0, 0.1) is 11.3 Å². The highest BCUT2D eigenvalue weighted by Crippen LogP contribution is 2.26. The number of nitrogens with two attached hydrogens (primary N) is 1. The van der Waals surface area contributed by atoms with Crippen LogP contribution in [0.1, 0.15) is 13.8 Å². The largest absolute Gasteiger partial charge is 0.457 e. The van der Waals surface area contributed by atoms with Crippen molar-refractivity contribution in [2.45, 2.75) is 32.0 Å². The molecular formula is C30H32N8O4. The van der Waals surface area contributed by atoms with Crippen LogP contribution in [0.5, 0.6) is 11.5 Å². The van der Waals surface area contributed by atoms with Crippen molar-refractivity contribution in [2.75, 3.05) is 32.4 Å². The van der Waals surface area contributed by atoms with E-state index in [4.69, 9.17) is 10.5 Å². The first kappa shape index (κ1) is 28.5. The van der Waals surface area contributed by atoms with Crippen LogP contribution in [-0.2, 0) is 11.3 Å². The Balaban J connectivity index is 1.38. The van der Waals surface area contributed by atoms with Crippen molar-refractivity contribution in [1.29, 1.82) is 5.26 Å². The molecule has 1 fully saturated rings. The number of hydrogen-bond donors (Lipinski definition) is 2. The van der Waals surface area contributed by atoms with E-state index in [2.05, 4.69) is 9.97 Å². The van der Waals surface area contributed by atoms with Crippen molar-refractivity contribution < 1.29 is 14.6 Å². The summed E-state index contributed by atoms with van der Waals surface area (Å²) in [6.45, 7) is 4.98. The van der Waals surface area contributed by atoms with E-state index in [0.29, 0.717) is 41.4 Å². The highest BCUT2D eigenvalue weighted by Gasteiger charge is 2.36. The number of carbonyl (C=O) groups is 1. The number of nitrogens with zero attached hydrogens (tertiary/aromatic N) is 7. The number of para-hydroxylation sites is 1. The molecule has 0 saturated carbocycles. The second kappa shape index (κ2) is 11.5. The van der Waals surface area contributed by atoms with Gasteiger partial charge in [0.15, 0.2) is 11.5 Å². The number of rotatable bonds is 9. The summed E-state index contributed by atoms with van der Waals surface area (Å²) in [4.78, 5) is 38.7. The van der Waals surface area contributed by atoms with Crippen LogP contribution in [0.15, 0.2) is 77.4 Å². The third kappa shape index (κ3) is 5.60. The number of fused-ring (bicyclic) bond motifs is 1. The second-order valence-corrected chi connectivity index (χ2v) is 10.7. The number of nitrogen functional groups attached to an aromatic ring is 1. The van der Waals surface area contributed by atoms with Crippen LogP contribution in [0.25, 0.3) is 16.9 Å². The van der Waals surface area contributed by atoms with E-state index in [1.807, 2.05) is 55.1 Å². The number of ether oxygens (including phenoxy) is 1. The van der Waals surface area contributed by atoms with E-state index < -0.39 is 23.2 Å². The summed E-state index contributed by atoms with van der Waals surface area (Å²) < 4.78 is 8.74. The van der Waals surface area contributed by atoms with Gasteiger partial charge in [0.1, 0.15) is 35.0 Å². The predicted octanol–water partition coefficient (Wildman–Crippen LogP) is 2.32. The Hall–Kier alpha value is -4.99. The van der Waals surface area contributed by atoms with E-state index in [9.17, 15) is 20.0 Å². The summed E-state index contributed by atoms with van der Waals surface area (Å²) in [5.74, 6) is 0.957. The van der Waals surface area contributed by atoms with Gasteiger partial charge in [-0.15, -0.1) is 0 Å². The lowest BCUT2D eigenvalue weighted by Crippen LogP contribution is -2.59. The quantitative estimate of drug-likeness (QED) is 0.229. The number of likely N-dealkylation sites (N-methyl/N-ethyl adjacent to an activating group) is 1. The fraction of sp³-hybridized carbons (Fsp3) is 0.300. The van der Waals surface area contributed by atoms with Crippen molar-refractivity contribution in [2.24, 2.45) is 0 Å². The van der Waals surface area contributed by atoms with Crippen LogP contribution >= 0.6 is 0 Å². The molecule has 0 atom stereocenters. The van der Waals surface area contributed by atoms with Crippen molar-refractivity contribution in [1.82, 2.24) is 28.9 Å². The second-order valence-electron chi connectivity index (χ2n) is 10.7. The fourth-order valence-electron chi connectivity index (χ4n) is 4.90. The van der Waals surface area contributed by atoms with Gasteiger partial charge in [0.05, 0.1) is 11.8 Å². The van der Waals surface area contributed by atoms with E-state index >= 15 is 0 Å². The fourth-order valence-corrected chi connectivity index (χ4v) is 4.90. The zero-order valence-corrected chi connectivity index (χ0v) is 23.6. The van der Waals surface area contributed by atoms with E-state index in [0.717, 1.165) is 0 Å². The Bertz CT molecular complexity index is 1730. The zero-order chi connectivity index (χ0) is 30.0. The summed E-state index contributed by atoms with van der Waals surface area (Å²) in [6, 6.07) is 18.4. The summed E-state index contributed by atoms with van der Waals surface area (Å²) in [6.07, 6.45) is 2.50. The monoisotopic (exact) mass is 568 g/mol. The molecule has 1 saturated heterocycles. The minimum atomic E-state index is -0.582. The lowest BCUT2D eigenvalue weighted by molar-refractivity contribution is -0.125. The van der Waals surface area contributed by atoms with Crippen molar-refractivity contribution in [3.8, 4) is 23.3 Å². The van der Waals surface area contributed by atoms with Crippen LogP contribution in [0.4, 0.5) is 5.82 Å². The van der Waals surface area contributed by atoms with Gasteiger partial charge in [0, 0.05) is 38.8 Å². The number of carbonyl (C=O) groups excluding carboxylic acids is 1. The summed E-state index contributed by atoms with van der Waals surface area (Å²) in [5.41, 5.74) is 6.43.